The molecule has 1 aromatic heterocycles. The molecule has 0 aliphatic rings. The van der Waals surface area contributed by atoms with Crippen LogP contribution < -0.4 is 10.9 Å². The standard InChI is InChI=1S/C6H11N3O2S2/c1-4-5(2-7)12-6(9-4)3-13(8,10)11/h2-3,7H2,1H3,(H2,8,10,11). The Bertz CT molecular complexity index is 396. The Morgan fingerprint density at radius 3 is 2.54 bits per heavy atom. The molecule has 13 heavy (non-hydrogen) atoms. The zero-order valence-electron chi connectivity index (χ0n) is 7.15. The third kappa shape index (κ3) is 3.03. The van der Waals surface area contributed by atoms with Crippen LogP contribution in [-0.4, -0.2) is 13.4 Å². The van der Waals surface area contributed by atoms with Gasteiger partial charge in [0, 0.05) is 11.4 Å². The van der Waals surface area contributed by atoms with E-state index in [0.717, 1.165) is 10.6 Å². The summed E-state index contributed by atoms with van der Waals surface area (Å²) in [4.78, 5) is 4.95. The number of sulfonamides is 1. The first-order valence-corrected chi connectivity index (χ1v) is 6.11. The molecule has 7 heteroatoms. The van der Waals surface area contributed by atoms with E-state index in [4.69, 9.17) is 10.9 Å². The van der Waals surface area contributed by atoms with E-state index in [9.17, 15) is 8.42 Å². The van der Waals surface area contributed by atoms with E-state index in [1.54, 1.807) is 6.92 Å². The average Bonchev–Trinajstić information content (AvgIpc) is 2.26. The van der Waals surface area contributed by atoms with E-state index in [1.807, 2.05) is 0 Å². The molecule has 0 fully saturated rings. The van der Waals surface area contributed by atoms with Gasteiger partial charge in [0.2, 0.25) is 10.0 Å². The van der Waals surface area contributed by atoms with E-state index in [-0.39, 0.29) is 5.75 Å². The molecule has 0 unspecified atom stereocenters. The molecule has 0 radical (unpaired) electrons. The van der Waals surface area contributed by atoms with Crippen molar-refractivity contribution in [1.29, 1.82) is 0 Å². The van der Waals surface area contributed by atoms with Gasteiger partial charge in [0.25, 0.3) is 0 Å². The summed E-state index contributed by atoms with van der Waals surface area (Å²) in [6, 6.07) is 0. The molecule has 0 aliphatic carbocycles. The summed E-state index contributed by atoms with van der Waals surface area (Å²) in [5.74, 6) is -0.210. The summed E-state index contributed by atoms with van der Waals surface area (Å²) in [6.45, 7) is 2.18. The van der Waals surface area contributed by atoms with E-state index < -0.39 is 10.0 Å². The molecule has 1 aromatic rings. The normalized spacial score (nSPS) is 11.9. The zero-order chi connectivity index (χ0) is 10.1. The second-order valence-corrected chi connectivity index (χ2v) is 5.41. The lowest BCUT2D eigenvalue weighted by atomic mass is 10.4. The monoisotopic (exact) mass is 221 g/mol. The van der Waals surface area contributed by atoms with Crippen LogP contribution in [0.15, 0.2) is 0 Å². The van der Waals surface area contributed by atoms with Crippen LogP contribution in [0.4, 0.5) is 0 Å². The van der Waals surface area contributed by atoms with Crippen molar-refractivity contribution in [2.24, 2.45) is 10.9 Å². The van der Waals surface area contributed by atoms with Crippen molar-refractivity contribution in [3.05, 3.63) is 15.6 Å². The molecule has 0 saturated heterocycles. The fourth-order valence-electron chi connectivity index (χ4n) is 0.912. The highest BCUT2D eigenvalue weighted by Gasteiger charge is 2.11. The molecule has 0 bridgehead atoms. The number of hydrogen-bond donors (Lipinski definition) is 2. The van der Waals surface area contributed by atoms with Crippen LogP contribution in [0.25, 0.3) is 0 Å². The van der Waals surface area contributed by atoms with Crippen molar-refractivity contribution in [1.82, 2.24) is 4.98 Å². The van der Waals surface area contributed by atoms with Crippen LogP contribution in [-0.2, 0) is 22.3 Å². The van der Waals surface area contributed by atoms with Crippen molar-refractivity contribution in [3.8, 4) is 0 Å². The van der Waals surface area contributed by atoms with Crippen LogP contribution >= 0.6 is 11.3 Å². The van der Waals surface area contributed by atoms with Gasteiger partial charge in [-0.05, 0) is 6.92 Å². The number of hydrogen-bond acceptors (Lipinski definition) is 5. The maximum Gasteiger partial charge on any atom is 0.215 e. The Labute approximate surface area is 80.8 Å². The first kappa shape index (κ1) is 10.6. The number of thiazole rings is 1. The van der Waals surface area contributed by atoms with E-state index in [2.05, 4.69) is 4.98 Å². The molecule has 4 N–H and O–H groups in total. The first-order chi connectivity index (χ1) is 5.92. The number of aromatic nitrogens is 1. The summed E-state index contributed by atoms with van der Waals surface area (Å²) < 4.78 is 21.4. The molecule has 0 aromatic carbocycles. The molecule has 0 aliphatic heterocycles. The quantitative estimate of drug-likeness (QED) is 0.732. The van der Waals surface area contributed by atoms with Gasteiger partial charge in [-0.3, -0.25) is 0 Å². The number of nitrogens with zero attached hydrogens (tertiary/aromatic N) is 1. The maximum absolute atomic E-state index is 10.7. The molecular weight excluding hydrogens is 210 g/mol. The minimum absolute atomic E-state index is 0.210. The van der Waals surface area contributed by atoms with Gasteiger partial charge in [-0.15, -0.1) is 11.3 Å². The summed E-state index contributed by atoms with van der Waals surface area (Å²) in [5.41, 5.74) is 6.20. The Balaban J connectivity index is 2.92. The molecule has 0 saturated carbocycles. The summed E-state index contributed by atoms with van der Waals surface area (Å²) in [7, 11) is -3.48. The Hall–Kier alpha value is -0.500. The number of primary sulfonamides is 1. The van der Waals surface area contributed by atoms with Crippen molar-refractivity contribution in [3.63, 3.8) is 0 Å². The molecule has 1 rings (SSSR count). The summed E-state index contributed by atoms with van der Waals surface area (Å²) in [5, 5.41) is 5.38. The maximum atomic E-state index is 10.7. The van der Waals surface area contributed by atoms with Crippen LogP contribution in [0.1, 0.15) is 15.6 Å². The Kier molecular flexibility index (Phi) is 3.01. The fourth-order valence-corrected chi connectivity index (χ4v) is 2.79. The van der Waals surface area contributed by atoms with Crippen LogP contribution in [0.3, 0.4) is 0 Å². The van der Waals surface area contributed by atoms with Gasteiger partial charge in [0.05, 0.1) is 5.69 Å². The smallest absolute Gasteiger partial charge is 0.215 e. The largest absolute Gasteiger partial charge is 0.326 e. The summed E-state index contributed by atoms with van der Waals surface area (Å²) >= 11 is 1.29. The predicted molar refractivity (Wildman–Crippen MR) is 51.6 cm³/mol. The molecule has 1 heterocycles. The number of rotatable bonds is 3. The minimum Gasteiger partial charge on any atom is -0.326 e. The first-order valence-electron chi connectivity index (χ1n) is 3.58. The van der Waals surface area contributed by atoms with E-state index >= 15 is 0 Å². The molecule has 5 nitrogen and oxygen atoms in total. The third-order valence-electron chi connectivity index (χ3n) is 1.45. The van der Waals surface area contributed by atoms with Gasteiger partial charge < -0.3 is 5.73 Å². The lowest BCUT2D eigenvalue weighted by molar-refractivity contribution is 0.597. The van der Waals surface area contributed by atoms with Crippen LogP contribution in [0.5, 0.6) is 0 Å². The highest BCUT2D eigenvalue weighted by atomic mass is 32.2. The lowest BCUT2D eigenvalue weighted by Crippen LogP contribution is -2.14. The van der Waals surface area contributed by atoms with E-state index in [0.29, 0.717) is 11.6 Å². The van der Waals surface area contributed by atoms with Crippen LogP contribution in [0, 0.1) is 6.92 Å². The van der Waals surface area contributed by atoms with Crippen molar-refractivity contribution >= 4 is 21.4 Å². The third-order valence-corrected chi connectivity index (χ3v) is 3.49. The highest BCUT2D eigenvalue weighted by Crippen LogP contribution is 2.18. The predicted octanol–water partition coefficient (Wildman–Crippen LogP) is -0.301. The van der Waals surface area contributed by atoms with Crippen molar-refractivity contribution in [2.75, 3.05) is 0 Å². The fraction of sp³-hybridized carbons (Fsp3) is 0.500. The number of nitrogens with two attached hydrogens (primary N) is 2. The second kappa shape index (κ2) is 3.70. The highest BCUT2D eigenvalue weighted by molar-refractivity contribution is 7.88. The van der Waals surface area contributed by atoms with Gasteiger partial charge in [-0.25, -0.2) is 18.5 Å². The Morgan fingerprint density at radius 1 is 1.54 bits per heavy atom. The van der Waals surface area contributed by atoms with Crippen molar-refractivity contribution in [2.45, 2.75) is 19.2 Å². The SMILES string of the molecule is Cc1nc(CS(N)(=O)=O)sc1CN. The second-order valence-electron chi connectivity index (χ2n) is 2.63. The molecule has 0 amide bonds. The van der Waals surface area contributed by atoms with Gasteiger partial charge in [-0.1, -0.05) is 0 Å². The van der Waals surface area contributed by atoms with Crippen LogP contribution in [0.2, 0.25) is 0 Å². The lowest BCUT2D eigenvalue weighted by Gasteiger charge is -1.90. The van der Waals surface area contributed by atoms with Gasteiger partial charge in [0.15, 0.2) is 0 Å². The minimum atomic E-state index is -3.48. The van der Waals surface area contributed by atoms with Gasteiger partial charge in [-0.2, -0.15) is 0 Å². The molecule has 74 valence electrons. The topological polar surface area (TPSA) is 99.1 Å². The van der Waals surface area contributed by atoms with E-state index in [1.165, 1.54) is 11.3 Å². The van der Waals surface area contributed by atoms with Gasteiger partial charge in [0.1, 0.15) is 10.8 Å². The summed E-state index contributed by atoms with van der Waals surface area (Å²) in [6.07, 6.45) is 0. The molecule has 0 atom stereocenters. The molecular formula is C6H11N3O2S2. The van der Waals surface area contributed by atoms with Crippen molar-refractivity contribution < 1.29 is 8.42 Å². The zero-order valence-corrected chi connectivity index (χ0v) is 8.78. The number of aryl methyl sites for hydroxylation is 1. The average molecular weight is 221 g/mol. The van der Waals surface area contributed by atoms with Gasteiger partial charge >= 0.3 is 0 Å². The Morgan fingerprint density at radius 2 is 2.15 bits per heavy atom. The molecule has 0 spiro atoms.